The first-order chi connectivity index (χ1) is 8.79. The molecule has 0 radical (unpaired) electrons. The van der Waals surface area contributed by atoms with E-state index in [-0.39, 0.29) is 10.7 Å². The number of rotatable bonds is 2. The van der Waals surface area contributed by atoms with Crippen LogP contribution in [0.15, 0.2) is 30.6 Å². The van der Waals surface area contributed by atoms with Gasteiger partial charge < -0.3 is 5.11 Å². The second kappa shape index (κ2) is 4.58. The van der Waals surface area contributed by atoms with Crippen molar-refractivity contribution < 1.29 is 23.1 Å². The Bertz CT molecular complexity index is 637. The molecule has 19 heavy (non-hydrogen) atoms. The van der Waals surface area contributed by atoms with Crippen molar-refractivity contribution in [3.8, 4) is 5.69 Å². The summed E-state index contributed by atoms with van der Waals surface area (Å²) < 4.78 is 39.7. The number of aromatic nitrogens is 2. The van der Waals surface area contributed by atoms with Crippen LogP contribution in [0.2, 0.25) is 5.02 Å². The molecule has 0 atom stereocenters. The van der Waals surface area contributed by atoms with Gasteiger partial charge in [-0.3, -0.25) is 0 Å². The topological polar surface area (TPSA) is 55.1 Å². The second-order valence-electron chi connectivity index (χ2n) is 3.64. The number of carbonyl (C=O) groups is 1. The summed E-state index contributed by atoms with van der Waals surface area (Å²) in [4.78, 5) is 10.7. The van der Waals surface area contributed by atoms with E-state index in [4.69, 9.17) is 16.7 Å². The molecule has 0 saturated carbocycles. The smallest absolute Gasteiger partial charge is 0.418 e. The first-order valence-electron chi connectivity index (χ1n) is 4.94. The van der Waals surface area contributed by atoms with E-state index in [0.717, 1.165) is 16.8 Å². The number of carboxylic acid groups (broad SMARTS) is 1. The Kier molecular flexibility index (Phi) is 3.23. The summed E-state index contributed by atoms with van der Waals surface area (Å²) >= 11 is 5.60. The standard InChI is InChI=1S/C11H6ClF3N2O2/c12-7-4-16-17(5-7)9-2-1-6(10(18)19)3-8(9)11(13,14)15/h1-5H,(H,18,19). The molecule has 0 amide bonds. The van der Waals surface area contributed by atoms with Crippen LogP contribution in [0.4, 0.5) is 13.2 Å². The van der Waals surface area contributed by atoms with Gasteiger partial charge in [-0.1, -0.05) is 11.6 Å². The molecule has 0 spiro atoms. The van der Waals surface area contributed by atoms with Gasteiger partial charge in [0.25, 0.3) is 0 Å². The number of halogens is 4. The number of nitrogens with zero attached hydrogens (tertiary/aromatic N) is 2. The molecule has 0 aliphatic carbocycles. The molecular formula is C11H6ClF3N2O2. The second-order valence-corrected chi connectivity index (χ2v) is 4.07. The van der Waals surface area contributed by atoms with Gasteiger partial charge in [-0.15, -0.1) is 0 Å². The molecule has 1 aromatic heterocycles. The lowest BCUT2D eigenvalue weighted by Gasteiger charge is -2.13. The minimum Gasteiger partial charge on any atom is -0.478 e. The molecule has 100 valence electrons. The monoisotopic (exact) mass is 290 g/mol. The third kappa shape index (κ3) is 2.70. The van der Waals surface area contributed by atoms with E-state index in [9.17, 15) is 18.0 Å². The van der Waals surface area contributed by atoms with E-state index < -0.39 is 23.3 Å². The fraction of sp³-hybridized carbons (Fsp3) is 0.0909. The lowest BCUT2D eigenvalue weighted by Crippen LogP contribution is -2.13. The number of carboxylic acids is 1. The Morgan fingerprint density at radius 3 is 2.53 bits per heavy atom. The minimum atomic E-state index is -4.70. The van der Waals surface area contributed by atoms with Crippen molar-refractivity contribution in [3.63, 3.8) is 0 Å². The summed E-state index contributed by atoms with van der Waals surface area (Å²) in [6, 6.07) is 2.67. The molecule has 0 fully saturated rings. The maximum atomic E-state index is 12.9. The lowest BCUT2D eigenvalue weighted by molar-refractivity contribution is -0.137. The van der Waals surface area contributed by atoms with Crippen LogP contribution < -0.4 is 0 Å². The van der Waals surface area contributed by atoms with Crippen molar-refractivity contribution in [2.75, 3.05) is 0 Å². The van der Waals surface area contributed by atoms with E-state index in [1.807, 2.05) is 0 Å². The number of hydrogen-bond acceptors (Lipinski definition) is 2. The average Bonchev–Trinajstić information content (AvgIpc) is 2.73. The van der Waals surface area contributed by atoms with Crippen molar-refractivity contribution in [1.29, 1.82) is 0 Å². The highest BCUT2D eigenvalue weighted by molar-refractivity contribution is 6.30. The van der Waals surface area contributed by atoms with Crippen molar-refractivity contribution >= 4 is 17.6 Å². The molecule has 1 aromatic carbocycles. The van der Waals surface area contributed by atoms with Crippen LogP contribution in [-0.2, 0) is 6.18 Å². The largest absolute Gasteiger partial charge is 0.478 e. The molecule has 1 heterocycles. The quantitative estimate of drug-likeness (QED) is 0.924. The van der Waals surface area contributed by atoms with E-state index in [1.165, 1.54) is 12.4 Å². The summed E-state index contributed by atoms with van der Waals surface area (Å²) in [5.74, 6) is -1.43. The zero-order valence-electron chi connectivity index (χ0n) is 9.15. The zero-order chi connectivity index (χ0) is 14.2. The Morgan fingerprint density at radius 2 is 2.05 bits per heavy atom. The van der Waals surface area contributed by atoms with Gasteiger partial charge in [0, 0.05) is 6.20 Å². The van der Waals surface area contributed by atoms with Crippen molar-refractivity contribution in [1.82, 2.24) is 9.78 Å². The maximum Gasteiger partial charge on any atom is 0.418 e. The molecule has 0 saturated heterocycles. The zero-order valence-corrected chi connectivity index (χ0v) is 9.90. The van der Waals surface area contributed by atoms with Gasteiger partial charge in [0.15, 0.2) is 0 Å². The van der Waals surface area contributed by atoms with Gasteiger partial charge in [0.05, 0.1) is 28.0 Å². The molecule has 0 unspecified atom stereocenters. The molecule has 1 N–H and O–H groups in total. The van der Waals surface area contributed by atoms with Crippen molar-refractivity contribution in [2.24, 2.45) is 0 Å². The molecule has 0 aliphatic rings. The molecular weight excluding hydrogens is 285 g/mol. The molecule has 2 aromatic rings. The summed E-state index contributed by atoms with van der Waals surface area (Å²) in [7, 11) is 0. The molecule has 0 aliphatic heterocycles. The summed E-state index contributed by atoms with van der Waals surface area (Å²) in [6.07, 6.45) is -2.31. The SMILES string of the molecule is O=C(O)c1ccc(-n2cc(Cl)cn2)c(C(F)(F)F)c1. The van der Waals surface area contributed by atoms with Crippen LogP contribution in [0.25, 0.3) is 5.69 Å². The highest BCUT2D eigenvalue weighted by Crippen LogP contribution is 2.34. The third-order valence-electron chi connectivity index (χ3n) is 2.35. The summed E-state index contributed by atoms with van der Waals surface area (Å²) in [6.45, 7) is 0. The van der Waals surface area contributed by atoms with Gasteiger partial charge in [-0.2, -0.15) is 18.3 Å². The Morgan fingerprint density at radius 1 is 1.37 bits per heavy atom. The van der Waals surface area contributed by atoms with Crippen molar-refractivity contribution in [2.45, 2.75) is 6.18 Å². The number of aromatic carboxylic acids is 1. The normalized spacial score (nSPS) is 11.6. The van der Waals surface area contributed by atoms with E-state index in [0.29, 0.717) is 6.07 Å². The van der Waals surface area contributed by atoms with Crippen LogP contribution in [0.1, 0.15) is 15.9 Å². The first kappa shape index (κ1) is 13.4. The minimum absolute atomic E-state index is 0.176. The van der Waals surface area contributed by atoms with Gasteiger partial charge in [-0.25, -0.2) is 9.48 Å². The van der Waals surface area contributed by atoms with E-state index >= 15 is 0 Å². The lowest BCUT2D eigenvalue weighted by atomic mass is 10.1. The Hall–Kier alpha value is -2.02. The van der Waals surface area contributed by atoms with Crippen LogP contribution in [0.5, 0.6) is 0 Å². The fourth-order valence-corrected chi connectivity index (χ4v) is 1.66. The van der Waals surface area contributed by atoms with E-state index in [2.05, 4.69) is 5.10 Å². The van der Waals surface area contributed by atoms with Crippen LogP contribution in [0, 0.1) is 0 Å². The van der Waals surface area contributed by atoms with Crippen LogP contribution in [-0.4, -0.2) is 20.9 Å². The number of hydrogen-bond donors (Lipinski definition) is 1. The summed E-state index contributed by atoms with van der Waals surface area (Å²) in [5.41, 5.74) is -1.83. The molecule has 4 nitrogen and oxygen atoms in total. The Labute approximate surface area is 110 Å². The predicted molar refractivity (Wildman–Crippen MR) is 60.5 cm³/mol. The first-order valence-corrected chi connectivity index (χ1v) is 5.32. The van der Waals surface area contributed by atoms with Crippen molar-refractivity contribution in [3.05, 3.63) is 46.7 Å². The number of alkyl halides is 3. The van der Waals surface area contributed by atoms with Crippen LogP contribution >= 0.6 is 11.6 Å². The highest BCUT2D eigenvalue weighted by atomic mass is 35.5. The van der Waals surface area contributed by atoms with Gasteiger partial charge >= 0.3 is 12.1 Å². The summed E-state index contributed by atoms with van der Waals surface area (Å²) in [5, 5.41) is 12.6. The molecule has 2 rings (SSSR count). The maximum absolute atomic E-state index is 12.9. The molecule has 8 heteroatoms. The average molecular weight is 291 g/mol. The molecule has 0 bridgehead atoms. The van der Waals surface area contributed by atoms with Crippen LogP contribution in [0.3, 0.4) is 0 Å². The van der Waals surface area contributed by atoms with Gasteiger partial charge in [0.1, 0.15) is 0 Å². The predicted octanol–water partition coefficient (Wildman–Crippen LogP) is 3.24. The fourth-order valence-electron chi connectivity index (χ4n) is 1.53. The highest BCUT2D eigenvalue weighted by Gasteiger charge is 2.35. The van der Waals surface area contributed by atoms with Gasteiger partial charge in [-0.05, 0) is 18.2 Å². The van der Waals surface area contributed by atoms with E-state index in [1.54, 1.807) is 0 Å². The Balaban J connectivity index is 2.64. The van der Waals surface area contributed by atoms with Gasteiger partial charge in [0.2, 0.25) is 0 Å². The third-order valence-corrected chi connectivity index (χ3v) is 2.54. The number of benzene rings is 1.